The summed E-state index contributed by atoms with van der Waals surface area (Å²) in [5.41, 5.74) is 1.35. The number of piperidine rings is 1. The Morgan fingerprint density at radius 1 is 1.28 bits per heavy atom. The van der Waals surface area contributed by atoms with E-state index < -0.39 is 15.7 Å². The van der Waals surface area contributed by atoms with E-state index >= 15 is 0 Å². The number of carbonyl (C=O) groups is 1. The Morgan fingerprint density at radius 3 is 2.67 bits per heavy atom. The lowest BCUT2D eigenvalue weighted by Gasteiger charge is -2.38. The number of carbonyl (C=O) groups excluding carboxylic acids is 1. The van der Waals surface area contributed by atoms with Gasteiger partial charge in [-0.05, 0) is 31.0 Å². The lowest BCUT2D eigenvalue weighted by molar-refractivity contribution is -0.128. The predicted molar refractivity (Wildman–Crippen MR) is 126 cm³/mol. The van der Waals surface area contributed by atoms with Crippen molar-refractivity contribution in [2.24, 2.45) is 5.41 Å². The van der Waals surface area contributed by atoms with E-state index in [2.05, 4.69) is 20.4 Å². The topological polar surface area (TPSA) is 137 Å². The number of benzene rings is 1. The van der Waals surface area contributed by atoms with Gasteiger partial charge in [0.1, 0.15) is 30.0 Å². The summed E-state index contributed by atoms with van der Waals surface area (Å²) < 4.78 is 54.1. The van der Waals surface area contributed by atoms with Crippen LogP contribution in [0.25, 0.3) is 11.1 Å². The molecule has 0 radical (unpaired) electrons. The maximum absolute atomic E-state index is 14.5. The highest BCUT2D eigenvalue weighted by molar-refractivity contribution is 7.90. The first-order valence-corrected chi connectivity index (χ1v) is 13.4. The molecular weight excluding hydrogens is 493 g/mol. The van der Waals surface area contributed by atoms with E-state index in [4.69, 9.17) is 14.0 Å². The van der Waals surface area contributed by atoms with Crippen molar-refractivity contribution in [2.45, 2.75) is 30.6 Å². The molecule has 2 saturated heterocycles. The van der Waals surface area contributed by atoms with Gasteiger partial charge < -0.3 is 24.2 Å². The summed E-state index contributed by atoms with van der Waals surface area (Å²) in [5.74, 6) is -0.525. The smallest absolute Gasteiger partial charge is 0.409 e. The molecule has 2 aliphatic rings. The largest absolute Gasteiger partial charge is 0.449 e. The number of hydrogen-bond donors (Lipinski definition) is 1. The number of anilines is 2. The molecule has 1 aromatic carbocycles. The lowest BCUT2D eigenvalue weighted by atomic mass is 9.90. The van der Waals surface area contributed by atoms with Gasteiger partial charge in [0.15, 0.2) is 15.7 Å². The first-order chi connectivity index (χ1) is 17.1. The third-order valence-electron chi connectivity index (χ3n) is 6.49. The highest BCUT2D eigenvalue weighted by Crippen LogP contribution is 2.35. The van der Waals surface area contributed by atoms with Gasteiger partial charge in [0, 0.05) is 30.7 Å². The molecule has 3 aromatic rings. The Hall–Kier alpha value is -3.32. The third-order valence-corrected chi connectivity index (χ3v) is 7.60. The standard InChI is InChI=1S/C23H26FN5O6S/c1-23(10-33-11-23)12-34-22(30)29-7-5-14(6-8-29)18-19-20(35-28-18)21(26-13-25-19)27-17-4-3-15(9-16(17)24)36(2,31)32/h3-4,9,13-14H,5-8,10-12H2,1-2H3,(H,25,26,27). The molecule has 192 valence electrons. The molecule has 4 heterocycles. The number of sulfone groups is 1. The van der Waals surface area contributed by atoms with E-state index in [9.17, 15) is 17.6 Å². The van der Waals surface area contributed by atoms with Crippen LogP contribution in [0, 0.1) is 11.2 Å². The van der Waals surface area contributed by atoms with Crippen molar-refractivity contribution >= 4 is 38.5 Å². The monoisotopic (exact) mass is 519 g/mol. The fourth-order valence-electron chi connectivity index (χ4n) is 4.29. The SMILES string of the molecule is CC1(COC(=O)N2CCC(c3noc4c(Nc5ccc(S(C)(=O)=O)cc5F)ncnc34)CC2)COC1. The Balaban J connectivity index is 1.26. The summed E-state index contributed by atoms with van der Waals surface area (Å²) in [6.07, 6.45) is 3.32. The average Bonchev–Trinajstić information content (AvgIpc) is 3.27. The van der Waals surface area contributed by atoms with Crippen molar-refractivity contribution in [3.05, 3.63) is 36.0 Å². The molecule has 0 saturated carbocycles. The zero-order chi connectivity index (χ0) is 25.5. The number of amides is 1. The van der Waals surface area contributed by atoms with Crippen LogP contribution in [0.15, 0.2) is 33.9 Å². The summed E-state index contributed by atoms with van der Waals surface area (Å²) in [5, 5.41) is 7.04. The summed E-state index contributed by atoms with van der Waals surface area (Å²) in [4.78, 5) is 22.5. The van der Waals surface area contributed by atoms with Gasteiger partial charge in [-0.2, -0.15) is 0 Å². The Bertz CT molecular complexity index is 1400. The number of ether oxygens (including phenoxy) is 2. The van der Waals surface area contributed by atoms with Gasteiger partial charge in [0.25, 0.3) is 0 Å². The molecule has 1 N–H and O–H groups in total. The summed E-state index contributed by atoms with van der Waals surface area (Å²) in [6.45, 7) is 4.58. The maximum Gasteiger partial charge on any atom is 0.409 e. The zero-order valence-corrected chi connectivity index (χ0v) is 20.7. The second-order valence-electron chi connectivity index (χ2n) is 9.63. The van der Waals surface area contributed by atoms with Crippen LogP contribution in [0.4, 0.5) is 20.7 Å². The molecule has 2 aromatic heterocycles. The van der Waals surface area contributed by atoms with Crippen molar-refractivity contribution in [2.75, 3.05) is 44.5 Å². The highest BCUT2D eigenvalue weighted by atomic mass is 32.2. The normalized spacial score (nSPS) is 18.1. The Labute approximate surface area is 206 Å². The van der Waals surface area contributed by atoms with E-state index in [1.807, 2.05) is 6.92 Å². The molecule has 11 nitrogen and oxygen atoms in total. The minimum atomic E-state index is -3.54. The molecule has 2 fully saturated rings. The molecule has 1 amide bonds. The molecule has 2 aliphatic heterocycles. The number of nitrogens with zero attached hydrogens (tertiary/aromatic N) is 4. The molecule has 0 aliphatic carbocycles. The van der Waals surface area contributed by atoms with Gasteiger partial charge in [0.05, 0.1) is 23.8 Å². The Morgan fingerprint density at radius 2 is 2.03 bits per heavy atom. The van der Waals surface area contributed by atoms with E-state index in [0.717, 1.165) is 12.3 Å². The second kappa shape index (κ2) is 9.28. The van der Waals surface area contributed by atoms with E-state index in [0.29, 0.717) is 57.0 Å². The van der Waals surface area contributed by atoms with Gasteiger partial charge >= 0.3 is 6.09 Å². The maximum atomic E-state index is 14.5. The minimum Gasteiger partial charge on any atom is -0.449 e. The van der Waals surface area contributed by atoms with Gasteiger partial charge in [-0.15, -0.1) is 0 Å². The van der Waals surface area contributed by atoms with Crippen LogP contribution in [0.3, 0.4) is 0 Å². The summed E-state index contributed by atoms with van der Waals surface area (Å²) >= 11 is 0. The van der Waals surface area contributed by atoms with Gasteiger partial charge in [0.2, 0.25) is 5.58 Å². The van der Waals surface area contributed by atoms with Crippen LogP contribution in [-0.4, -0.2) is 73.7 Å². The molecule has 0 bridgehead atoms. The van der Waals surface area contributed by atoms with Crippen molar-refractivity contribution in [1.82, 2.24) is 20.0 Å². The number of rotatable bonds is 6. The van der Waals surface area contributed by atoms with E-state index in [1.54, 1.807) is 4.90 Å². The van der Waals surface area contributed by atoms with Gasteiger partial charge in [-0.3, -0.25) is 0 Å². The molecular formula is C23H26FN5O6S. The van der Waals surface area contributed by atoms with Gasteiger partial charge in [-0.1, -0.05) is 12.1 Å². The first kappa shape index (κ1) is 24.4. The van der Waals surface area contributed by atoms with Crippen LogP contribution in [0.1, 0.15) is 31.4 Å². The number of halogens is 1. The number of hydrogen-bond acceptors (Lipinski definition) is 10. The molecule has 0 unspecified atom stereocenters. The number of likely N-dealkylation sites (tertiary alicyclic amines) is 1. The first-order valence-electron chi connectivity index (χ1n) is 11.5. The Kier molecular flexibility index (Phi) is 6.29. The summed E-state index contributed by atoms with van der Waals surface area (Å²) in [6, 6.07) is 3.58. The second-order valence-corrected chi connectivity index (χ2v) is 11.6. The fraction of sp³-hybridized carbons (Fsp3) is 0.478. The fourth-order valence-corrected chi connectivity index (χ4v) is 4.92. The van der Waals surface area contributed by atoms with Crippen molar-refractivity contribution in [3.8, 4) is 0 Å². The van der Waals surface area contributed by atoms with Crippen LogP contribution >= 0.6 is 0 Å². The van der Waals surface area contributed by atoms with Crippen LogP contribution in [-0.2, 0) is 19.3 Å². The third kappa shape index (κ3) is 4.85. The van der Waals surface area contributed by atoms with Crippen molar-refractivity contribution < 1.29 is 31.6 Å². The van der Waals surface area contributed by atoms with Crippen molar-refractivity contribution in [1.29, 1.82) is 0 Å². The van der Waals surface area contributed by atoms with E-state index in [-0.39, 0.29) is 39.4 Å². The van der Waals surface area contributed by atoms with Gasteiger partial charge in [-0.25, -0.2) is 27.6 Å². The quantitative estimate of drug-likeness (QED) is 0.517. The molecule has 0 atom stereocenters. The lowest BCUT2D eigenvalue weighted by Crippen LogP contribution is -2.46. The number of fused-ring (bicyclic) bond motifs is 1. The molecule has 0 spiro atoms. The molecule has 5 rings (SSSR count). The molecule has 36 heavy (non-hydrogen) atoms. The summed E-state index contributed by atoms with van der Waals surface area (Å²) in [7, 11) is -3.54. The van der Waals surface area contributed by atoms with Crippen molar-refractivity contribution in [3.63, 3.8) is 0 Å². The minimum absolute atomic E-state index is 0.0152. The van der Waals surface area contributed by atoms with Crippen LogP contribution < -0.4 is 5.32 Å². The van der Waals surface area contributed by atoms with Crippen LogP contribution in [0.5, 0.6) is 0 Å². The number of nitrogens with one attached hydrogen (secondary N) is 1. The predicted octanol–water partition coefficient (Wildman–Crippen LogP) is 3.26. The number of aromatic nitrogens is 3. The van der Waals surface area contributed by atoms with Crippen LogP contribution in [0.2, 0.25) is 0 Å². The molecule has 13 heteroatoms. The average molecular weight is 520 g/mol. The highest BCUT2D eigenvalue weighted by Gasteiger charge is 2.36. The van der Waals surface area contributed by atoms with E-state index in [1.165, 1.54) is 18.5 Å². The zero-order valence-electron chi connectivity index (χ0n) is 19.9.